The zero-order valence-corrected chi connectivity index (χ0v) is 12.3. The van der Waals surface area contributed by atoms with Gasteiger partial charge >= 0.3 is 0 Å². The standard InChI is InChI=1S/C11H11ClN4O4S/c12-9-7-13-10(15-11(9)17)8-2-4-16(14-6-8)3-1-5-21(18,19)20/h2,4,6-7H,1,3,5H2,(H-,13,15,17,18,19,20). The Hall–Kier alpha value is -1.84. The zero-order valence-electron chi connectivity index (χ0n) is 10.7. The average Bonchev–Trinajstić information content (AvgIpc) is 2.41. The van der Waals surface area contributed by atoms with E-state index < -0.39 is 21.4 Å². The minimum absolute atomic E-state index is 0.00322. The lowest BCUT2D eigenvalue weighted by Gasteiger charge is -2.03. The highest BCUT2D eigenvalue weighted by atomic mass is 35.5. The zero-order chi connectivity index (χ0) is 15.5. The third-order valence-electron chi connectivity index (χ3n) is 2.58. The minimum atomic E-state index is -4.21. The second-order valence-corrected chi connectivity index (χ2v) is 6.13. The van der Waals surface area contributed by atoms with Gasteiger partial charge in [0.2, 0.25) is 0 Å². The van der Waals surface area contributed by atoms with Gasteiger partial charge in [0, 0.05) is 23.8 Å². The minimum Gasteiger partial charge on any atom is -0.748 e. The molecule has 2 heterocycles. The number of hydrogen-bond donors (Lipinski definition) is 1. The van der Waals surface area contributed by atoms with Gasteiger partial charge in [-0.3, -0.25) is 4.79 Å². The number of H-pyrrole nitrogens is 1. The average molecular weight is 331 g/mol. The van der Waals surface area contributed by atoms with Crippen molar-refractivity contribution in [2.45, 2.75) is 13.0 Å². The topological polar surface area (TPSA) is 120 Å². The number of aromatic amines is 1. The highest BCUT2D eigenvalue weighted by Gasteiger charge is 2.08. The Balaban J connectivity index is 2.08. The van der Waals surface area contributed by atoms with Gasteiger partial charge in [-0.1, -0.05) is 16.3 Å². The summed E-state index contributed by atoms with van der Waals surface area (Å²) in [4.78, 5) is 17.9. The molecule has 8 nitrogen and oxygen atoms in total. The van der Waals surface area contributed by atoms with Crippen LogP contribution in [0.3, 0.4) is 0 Å². The van der Waals surface area contributed by atoms with E-state index in [1.54, 1.807) is 12.3 Å². The van der Waals surface area contributed by atoms with Crippen LogP contribution in [-0.4, -0.2) is 33.8 Å². The van der Waals surface area contributed by atoms with Gasteiger partial charge in [-0.05, 0) is 5.10 Å². The lowest BCUT2D eigenvalue weighted by atomic mass is 10.3. The van der Waals surface area contributed by atoms with E-state index in [1.165, 1.54) is 17.1 Å². The van der Waals surface area contributed by atoms with Gasteiger partial charge in [-0.25, -0.2) is 13.4 Å². The van der Waals surface area contributed by atoms with Crippen molar-refractivity contribution in [3.63, 3.8) is 0 Å². The maximum absolute atomic E-state index is 11.4. The van der Waals surface area contributed by atoms with Crippen molar-refractivity contribution in [2.75, 3.05) is 5.75 Å². The fourth-order valence-electron chi connectivity index (χ4n) is 1.59. The largest absolute Gasteiger partial charge is 0.748 e. The SMILES string of the molecule is O=c1[nH]c(-c2cc[n+](CCCS(=O)(=O)[O-])nc2)ncc1Cl. The predicted octanol–water partition coefficient (Wildman–Crippen LogP) is -0.292. The first-order valence-electron chi connectivity index (χ1n) is 5.90. The molecular weight excluding hydrogens is 320 g/mol. The van der Waals surface area contributed by atoms with Gasteiger partial charge in [0.15, 0.2) is 12.7 Å². The highest BCUT2D eigenvalue weighted by Crippen LogP contribution is 2.10. The predicted molar refractivity (Wildman–Crippen MR) is 72.5 cm³/mol. The van der Waals surface area contributed by atoms with E-state index in [1.807, 2.05) is 0 Å². The van der Waals surface area contributed by atoms with Gasteiger partial charge in [0.25, 0.3) is 5.56 Å². The Kier molecular flexibility index (Phi) is 4.66. The molecule has 0 unspecified atom stereocenters. The molecule has 0 bridgehead atoms. The monoisotopic (exact) mass is 330 g/mol. The van der Waals surface area contributed by atoms with Crippen LogP contribution in [0.2, 0.25) is 5.02 Å². The van der Waals surface area contributed by atoms with Crippen molar-refractivity contribution >= 4 is 21.7 Å². The first-order valence-corrected chi connectivity index (χ1v) is 7.85. The Bertz CT molecular complexity index is 789. The smallest absolute Gasteiger partial charge is 0.269 e. The van der Waals surface area contributed by atoms with Crippen LogP contribution in [-0.2, 0) is 16.7 Å². The summed E-state index contributed by atoms with van der Waals surface area (Å²) < 4.78 is 32.9. The van der Waals surface area contributed by atoms with E-state index in [2.05, 4.69) is 15.1 Å². The van der Waals surface area contributed by atoms with Crippen LogP contribution in [0.25, 0.3) is 11.4 Å². The van der Waals surface area contributed by atoms with E-state index >= 15 is 0 Å². The molecule has 21 heavy (non-hydrogen) atoms. The van der Waals surface area contributed by atoms with Crippen LogP contribution in [0.4, 0.5) is 0 Å². The van der Waals surface area contributed by atoms with Crippen LogP contribution in [0, 0.1) is 0 Å². The van der Waals surface area contributed by atoms with Gasteiger partial charge in [0.1, 0.15) is 17.0 Å². The molecule has 2 aromatic heterocycles. The highest BCUT2D eigenvalue weighted by molar-refractivity contribution is 7.85. The number of nitrogens with zero attached hydrogens (tertiary/aromatic N) is 3. The molecule has 2 rings (SSSR count). The molecule has 0 saturated carbocycles. The summed E-state index contributed by atoms with van der Waals surface area (Å²) in [6.45, 7) is 0.298. The maximum Gasteiger partial charge on any atom is 0.269 e. The van der Waals surface area contributed by atoms with Crippen molar-refractivity contribution < 1.29 is 17.7 Å². The third kappa shape index (κ3) is 4.59. The van der Waals surface area contributed by atoms with E-state index in [0.717, 1.165) is 0 Å². The first kappa shape index (κ1) is 15.5. The Labute approximate surface area is 125 Å². The van der Waals surface area contributed by atoms with E-state index in [0.29, 0.717) is 17.9 Å². The second kappa shape index (κ2) is 6.29. The third-order valence-corrected chi connectivity index (χ3v) is 3.64. The molecule has 2 aromatic rings. The molecule has 0 amide bonds. The Morgan fingerprint density at radius 2 is 2.14 bits per heavy atom. The van der Waals surface area contributed by atoms with Gasteiger partial charge in [-0.2, -0.15) is 0 Å². The Morgan fingerprint density at radius 1 is 1.38 bits per heavy atom. The first-order chi connectivity index (χ1) is 9.85. The molecule has 0 aliphatic rings. The molecule has 0 aromatic carbocycles. The normalized spacial score (nSPS) is 11.5. The van der Waals surface area contributed by atoms with Crippen LogP contribution in [0.1, 0.15) is 6.42 Å². The molecular formula is C11H11ClN4O4S. The molecule has 0 radical (unpaired) electrons. The van der Waals surface area contributed by atoms with Crippen LogP contribution >= 0.6 is 11.6 Å². The van der Waals surface area contributed by atoms with E-state index in [4.69, 9.17) is 11.6 Å². The second-order valence-electron chi connectivity index (χ2n) is 4.20. The molecule has 1 N–H and O–H groups in total. The summed E-state index contributed by atoms with van der Waals surface area (Å²) in [5.74, 6) is -0.110. The molecule has 0 aliphatic carbocycles. The van der Waals surface area contributed by atoms with Crippen LogP contribution in [0.15, 0.2) is 29.5 Å². The fourth-order valence-corrected chi connectivity index (χ4v) is 2.16. The van der Waals surface area contributed by atoms with Crippen molar-refractivity contribution in [3.8, 4) is 11.4 Å². The summed E-state index contributed by atoms with van der Waals surface area (Å²) in [6.07, 6.45) is 4.49. The summed E-state index contributed by atoms with van der Waals surface area (Å²) in [5.41, 5.74) is 0.135. The lowest BCUT2D eigenvalue weighted by Crippen LogP contribution is -2.38. The van der Waals surface area contributed by atoms with Gasteiger partial charge < -0.3 is 9.54 Å². The number of nitrogens with one attached hydrogen (secondary N) is 1. The van der Waals surface area contributed by atoms with Crippen LogP contribution in [0.5, 0.6) is 0 Å². The van der Waals surface area contributed by atoms with Crippen molar-refractivity contribution in [3.05, 3.63) is 40.0 Å². The number of rotatable bonds is 5. The van der Waals surface area contributed by atoms with E-state index in [-0.39, 0.29) is 11.4 Å². The fraction of sp³-hybridized carbons (Fsp3) is 0.273. The molecule has 0 atom stereocenters. The summed E-state index contributed by atoms with van der Waals surface area (Å²) in [6, 6.07) is 1.66. The van der Waals surface area contributed by atoms with E-state index in [9.17, 15) is 17.8 Å². The molecule has 0 spiro atoms. The number of hydrogen-bond acceptors (Lipinski definition) is 6. The number of halogens is 1. The summed E-state index contributed by atoms with van der Waals surface area (Å²) in [7, 11) is -4.21. The maximum atomic E-state index is 11.4. The summed E-state index contributed by atoms with van der Waals surface area (Å²) >= 11 is 5.59. The lowest BCUT2D eigenvalue weighted by molar-refractivity contribution is -0.753. The molecule has 0 saturated heterocycles. The van der Waals surface area contributed by atoms with Gasteiger partial charge in [-0.15, -0.1) is 0 Å². The molecule has 0 fully saturated rings. The van der Waals surface area contributed by atoms with Crippen molar-refractivity contribution in [1.82, 2.24) is 15.1 Å². The number of aromatic nitrogens is 4. The van der Waals surface area contributed by atoms with Gasteiger partial charge in [0.05, 0.1) is 16.3 Å². The Morgan fingerprint density at radius 3 is 2.71 bits per heavy atom. The number of aryl methyl sites for hydroxylation is 1. The molecule has 0 aliphatic heterocycles. The van der Waals surface area contributed by atoms with Crippen molar-refractivity contribution in [2.24, 2.45) is 0 Å². The quantitative estimate of drug-likeness (QED) is 0.594. The summed E-state index contributed by atoms with van der Waals surface area (Å²) in [5, 5.41) is 4.05. The van der Waals surface area contributed by atoms with Crippen molar-refractivity contribution in [1.29, 1.82) is 0 Å². The molecule has 112 valence electrons. The van der Waals surface area contributed by atoms with Crippen LogP contribution < -0.4 is 10.2 Å². The molecule has 10 heteroatoms.